The average Bonchev–Trinajstić information content (AvgIpc) is 3.69. The zero-order valence-corrected chi connectivity index (χ0v) is 22.4. The van der Waals surface area contributed by atoms with E-state index in [9.17, 15) is 5.26 Å². The summed E-state index contributed by atoms with van der Waals surface area (Å²) in [5.74, 6) is 0.842. The first kappa shape index (κ1) is 22.8. The van der Waals surface area contributed by atoms with E-state index < -0.39 is 0 Å². The Hall–Kier alpha value is -5.99. The van der Waals surface area contributed by atoms with Crippen LogP contribution in [0.15, 0.2) is 128 Å². The van der Waals surface area contributed by atoms with E-state index in [-0.39, 0.29) is 0 Å². The van der Waals surface area contributed by atoms with Gasteiger partial charge >= 0.3 is 0 Å². The fourth-order valence-corrected chi connectivity index (χ4v) is 6.59. The van der Waals surface area contributed by atoms with Crippen molar-refractivity contribution in [3.8, 4) is 28.8 Å². The zero-order valence-electron chi connectivity index (χ0n) is 22.4. The molecule has 0 bridgehead atoms. The standard InChI is InChI=1S/C37H21N5/c38-21-23-17-19-24(20-18-23)37-40-34-28-14-8-15-29-32(28)31-27(33-35(29)41(22-39-33)25-9-3-1-4-10-25)13-7-16-30(31)36(34)42(37)26-11-5-2-6-12-26/h1-20,22H. The molecule has 0 fully saturated rings. The van der Waals surface area contributed by atoms with Gasteiger partial charge in [-0.2, -0.15) is 5.26 Å². The fraction of sp³-hybridized carbons (Fsp3) is 0. The largest absolute Gasteiger partial charge is 0.298 e. The highest BCUT2D eigenvalue weighted by Gasteiger charge is 2.24. The Kier molecular flexibility index (Phi) is 4.61. The van der Waals surface area contributed by atoms with Crippen LogP contribution in [0.1, 0.15) is 5.56 Å². The molecule has 5 nitrogen and oxygen atoms in total. The minimum Gasteiger partial charge on any atom is -0.298 e. The monoisotopic (exact) mass is 535 g/mol. The number of nitrogens with zero attached hydrogens (tertiary/aromatic N) is 5. The van der Waals surface area contributed by atoms with Crippen molar-refractivity contribution >= 4 is 54.4 Å². The molecule has 194 valence electrons. The molecule has 0 aliphatic rings. The van der Waals surface area contributed by atoms with Crippen molar-refractivity contribution in [1.82, 2.24) is 19.1 Å². The first-order chi connectivity index (χ1) is 20.8. The van der Waals surface area contributed by atoms with Gasteiger partial charge in [-0.1, -0.05) is 72.8 Å². The van der Waals surface area contributed by atoms with E-state index in [1.54, 1.807) is 0 Å². The molecule has 2 aromatic heterocycles. The summed E-state index contributed by atoms with van der Waals surface area (Å²) in [5, 5.41) is 16.3. The van der Waals surface area contributed by atoms with Crippen molar-refractivity contribution in [3.05, 3.63) is 133 Å². The van der Waals surface area contributed by atoms with Crippen LogP contribution in [0.25, 0.3) is 77.1 Å². The number of benzene rings is 7. The molecule has 9 aromatic rings. The van der Waals surface area contributed by atoms with E-state index in [1.165, 1.54) is 10.8 Å². The molecule has 2 heterocycles. The second-order valence-corrected chi connectivity index (χ2v) is 10.6. The molecule has 42 heavy (non-hydrogen) atoms. The molecule has 0 amide bonds. The lowest BCUT2D eigenvalue weighted by molar-refractivity contribution is 1.10. The Bertz CT molecular complexity index is 2500. The molecule has 0 aliphatic heterocycles. The molecule has 9 rings (SSSR count). The van der Waals surface area contributed by atoms with Crippen molar-refractivity contribution in [2.45, 2.75) is 0 Å². The van der Waals surface area contributed by atoms with E-state index in [2.05, 4.69) is 100 Å². The van der Waals surface area contributed by atoms with Crippen molar-refractivity contribution < 1.29 is 0 Å². The maximum atomic E-state index is 9.41. The molecule has 5 heteroatoms. The second kappa shape index (κ2) is 8.50. The molecule has 0 N–H and O–H groups in total. The summed E-state index contributed by atoms with van der Waals surface area (Å²) in [6, 6.07) is 43.8. The molecular weight excluding hydrogens is 514 g/mol. The number of rotatable bonds is 3. The van der Waals surface area contributed by atoms with Crippen LogP contribution < -0.4 is 0 Å². The van der Waals surface area contributed by atoms with E-state index in [4.69, 9.17) is 9.97 Å². The summed E-state index contributed by atoms with van der Waals surface area (Å²) >= 11 is 0. The molecule has 0 unspecified atom stereocenters. The van der Waals surface area contributed by atoms with Crippen LogP contribution in [-0.2, 0) is 0 Å². The van der Waals surface area contributed by atoms with Gasteiger partial charge in [-0.15, -0.1) is 0 Å². The minimum absolute atomic E-state index is 0.626. The van der Waals surface area contributed by atoms with Gasteiger partial charge in [0.2, 0.25) is 0 Å². The van der Waals surface area contributed by atoms with Crippen molar-refractivity contribution in [1.29, 1.82) is 5.26 Å². The maximum Gasteiger partial charge on any atom is 0.145 e. The third-order valence-corrected chi connectivity index (χ3v) is 8.37. The predicted octanol–water partition coefficient (Wildman–Crippen LogP) is 8.80. The van der Waals surface area contributed by atoms with Gasteiger partial charge in [0, 0.05) is 49.3 Å². The Balaban J connectivity index is 1.51. The first-order valence-electron chi connectivity index (χ1n) is 13.9. The fourth-order valence-electron chi connectivity index (χ4n) is 6.59. The van der Waals surface area contributed by atoms with Crippen molar-refractivity contribution in [3.63, 3.8) is 0 Å². The second-order valence-electron chi connectivity index (χ2n) is 10.6. The molecule has 0 saturated carbocycles. The quantitative estimate of drug-likeness (QED) is 0.212. The van der Waals surface area contributed by atoms with E-state index in [1.807, 2.05) is 42.7 Å². The predicted molar refractivity (Wildman–Crippen MR) is 170 cm³/mol. The lowest BCUT2D eigenvalue weighted by atomic mass is 9.91. The third-order valence-electron chi connectivity index (χ3n) is 8.37. The topological polar surface area (TPSA) is 59.4 Å². The van der Waals surface area contributed by atoms with Crippen LogP contribution in [0.3, 0.4) is 0 Å². The van der Waals surface area contributed by atoms with Crippen LogP contribution in [0, 0.1) is 11.3 Å². The van der Waals surface area contributed by atoms with Gasteiger partial charge in [-0.3, -0.25) is 9.13 Å². The van der Waals surface area contributed by atoms with Gasteiger partial charge in [-0.05, 0) is 48.5 Å². The normalized spacial score (nSPS) is 11.8. The molecule has 0 saturated heterocycles. The zero-order chi connectivity index (χ0) is 27.8. The van der Waals surface area contributed by atoms with E-state index in [0.29, 0.717) is 5.56 Å². The van der Waals surface area contributed by atoms with Crippen LogP contribution in [-0.4, -0.2) is 19.1 Å². The first-order valence-corrected chi connectivity index (χ1v) is 13.9. The molecule has 0 spiro atoms. The number of aromatic nitrogens is 4. The lowest BCUT2D eigenvalue weighted by Crippen LogP contribution is -1.98. The van der Waals surface area contributed by atoms with Gasteiger partial charge in [0.25, 0.3) is 0 Å². The van der Waals surface area contributed by atoms with E-state index >= 15 is 0 Å². The highest BCUT2D eigenvalue weighted by molar-refractivity contribution is 6.38. The smallest absolute Gasteiger partial charge is 0.145 e. The highest BCUT2D eigenvalue weighted by atomic mass is 15.1. The molecule has 0 aliphatic carbocycles. The Morgan fingerprint density at radius 3 is 1.81 bits per heavy atom. The lowest BCUT2D eigenvalue weighted by Gasteiger charge is -2.16. The van der Waals surface area contributed by atoms with Crippen LogP contribution in [0.5, 0.6) is 0 Å². The Morgan fingerprint density at radius 2 is 1.14 bits per heavy atom. The minimum atomic E-state index is 0.626. The summed E-state index contributed by atoms with van der Waals surface area (Å²) in [7, 11) is 0. The highest BCUT2D eigenvalue weighted by Crippen LogP contribution is 2.46. The number of imidazole rings is 2. The average molecular weight is 536 g/mol. The number of para-hydroxylation sites is 2. The molecule has 0 atom stereocenters. The third kappa shape index (κ3) is 3.01. The van der Waals surface area contributed by atoms with E-state index in [0.717, 1.165) is 66.4 Å². The van der Waals surface area contributed by atoms with Gasteiger partial charge in [0.05, 0.1) is 33.7 Å². The van der Waals surface area contributed by atoms with Crippen molar-refractivity contribution in [2.24, 2.45) is 0 Å². The number of nitriles is 1. The van der Waals surface area contributed by atoms with Crippen LogP contribution >= 0.6 is 0 Å². The Labute approximate surface area is 240 Å². The summed E-state index contributed by atoms with van der Waals surface area (Å²) in [5.41, 5.74) is 7.80. The summed E-state index contributed by atoms with van der Waals surface area (Å²) < 4.78 is 4.46. The number of hydrogen-bond donors (Lipinski definition) is 0. The van der Waals surface area contributed by atoms with Gasteiger partial charge in [0.1, 0.15) is 12.2 Å². The Morgan fingerprint density at radius 1 is 0.548 bits per heavy atom. The SMILES string of the molecule is N#Cc1ccc(-c2nc3c4cccc5c4c4c(cccc4c3n2-c2ccccc2)c2ncn(-c3ccccc3)c52)cc1. The number of fused-ring (bicyclic) bond motifs is 6. The van der Waals surface area contributed by atoms with Gasteiger partial charge < -0.3 is 0 Å². The van der Waals surface area contributed by atoms with Crippen molar-refractivity contribution in [2.75, 3.05) is 0 Å². The summed E-state index contributed by atoms with van der Waals surface area (Å²) in [6.07, 6.45) is 1.94. The molecular formula is C37H21N5. The summed E-state index contributed by atoms with van der Waals surface area (Å²) in [6.45, 7) is 0. The number of hydrogen-bond acceptors (Lipinski definition) is 3. The van der Waals surface area contributed by atoms with Crippen LogP contribution in [0.2, 0.25) is 0 Å². The molecule has 7 aromatic carbocycles. The van der Waals surface area contributed by atoms with Gasteiger partial charge in [-0.25, -0.2) is 9.97 Å². The van der Waals surface area contributed by atoms with Crippen LogP contribution in [0.4, 0.5) is 0 Å². The summed E-state index contributed by atoms with van der Waals surface area (Å²) in [4.78, 5) is 10.4. The molecule has 0 radical (unpaired) electrons. The maximum absolute atomic E-state index is 9.41. The van der Waals surface area contributed by atoms with Gasteiger partial charge in [0.15, 0.2) is 0 Å².